The number of benzene rings is 1. The highest BCUT2D eigenvalue weighted by atomic mass is 32.1. The molecule has 3 amide bonds. The molecule has 3 heterocycles. The summed E-state index contributed by atoms with van der Waals surface area (Å²) in [6.45, 7) is 16.6. The molecule has 2 aromatic rings. The van der Waals surface area contributed by atoms with Crippen molar-refractivity contribution >= 4 is 41.0 Å². The van der Waals surface area contributed by atoms with Crippen molar-refractivity contribution in [2.24, 2.45) is 17.8 Å². The number of hydrogen-bond acceptors (Lipinski definition) is 11. The predicted molar refractivity (Wildman–Crippen MR) is 237 cm³/mol. The Labute approximate surface area is 367 Å². The zero-order valence-corrected chi connectivity index (χ0v) is 38.6. The van der Waals surface area contributed by atoms with Gasteiger partial charge in [-0.1, -0.05) is 73.4 Å². The van der Waals surface area contributed by atoms with Crippen LogP contribution in [-0.4, -0.2) is 113 Å². The first-order valence-electron chi connectivity index (χ1n) is 22.6. The van der Waals surface area contributed by atoms with Gasteiger partial charge in [-0.15, -0.1) is 11.3 Å². The summed E-state index contributed by atoms with van der Waals surface area (Å²) in [6, 6.07) is 5.05. The molecule has 61 heavy (non-hydrogen) atoms. The lowest BCUT2D eigenvalue weighted by Gasteiger charge is -2.40. The molecular weight excluding hydrogens is 797 g/mol. The molecule has 8 atom stereocenters. The number of nitrogens with zero attached hydrogens (tertiary/aromatic N) is 3. The summed E-state index contributed by atoms with van der Waals surface area (Å²) < 4.78 is 12.0. The molecule has 0 radical (unpaired) electrons. The molecule has 2 saturated heterocycles. The standard InChI is InChI=1S/C46H72N6O8S/c1-9-22-52(44(55)40(30(6)11-3)50-42(54)37-16-12-13-23-51(37)8)38(29(4)5)27-39(59-24-10-2)43-49-36(28-61-43)41(53)48-33(25-31(7)45(56)57)26-32-17-19-34(20-18-32)60-46(58)35-15-14-21-47-35/h17-20,28-31,33,35,37-40,47H,9-16,21-27H2,1-8H3,(H,48,53)(H,50,54)(H,56,57)/t30-,31-,33+,35+,37+,38+,39+,40-/m0/s1. The maximum absolute atomic E-state index is 14.7. The number of rotatable bonds is 24. The summed E-state index contributed by atoms with van der Waals surface area (Å²) in [4.78, 5) is 75.4. The largest absolute Gasteiger partial charge is 0.481 e. The zero-order chi connectivity index (χ0) is 44.6. The minimum absolute atomic E-state index is 0.0473. The number of nitrogens with one attached hydrogen (secondary N) is 3. The number of ether oxygens (including phenoxy) is 2. The Morgan fingerprint density at radius 2 is 1.72 bits per heavy atom. The fraction of sp³-hybridized carbons (Fsp3) is 0.696. The second kappa shape index (κ2) is 24.6. The lowest BCUT2D eigenvalue weighted by molar-refractivity contribution is -0.143. The number of hydrogen-bond donors (Lipinski definition) is 4. The second-order valence-corrected chi connectivity index (χ2v) is 18.3. The number of carboxylic acid groups (broad SMARTS) is 1. The van der Waals surface area contributed by atoms with Gasteiger partial charge in [0.1, 0.15) is 34.6 Å². The number of likely N-dealkylation sites (N-methyl/N-ethyl adjacent to an activating group) is 1. The van der Waals surface area contributed by atoms with Gasteiger partial charge in [-0.05, 0) is 101 Å². The highest BCUT2D eigenvalue weighted by Gasteiger charge is 2.38. The number of aliphatic carboxylic acids is 1. The molecule has 0 bridgehead atoms. The molecule has 2 aliphatic rings. The number of esters is 1. The first-order valence-corrected chi connectivity index (χ1v) is 23.5. The summed E-state index contributed by atoms with van der Waals surface area (Å²) >= 11 is 1.33. The smallest absolute Gasteiger partial charge is 0.328 e. The maximum Gasteiger partial charge on any atom is 0.328 e. The van der Waals surface area contributed by atoms with E-state index in [0.29, 0.717) is 36.8 Å². The Balaban J connectivity index is 1.52. The van der Waals surface area contributed by atoms with Crippen molar-refractivity contribution in [2.75, 3.05) is 33.3 Å². The first kappa shape index (κ1) is 49.7. The highest BCUT2D eigenvalue weighted by Crippen LogP contribution is 2.32. The fourth-order valence-corrected chi connectivity index (χ4v) is 9.11. The molecule has 0 unspecified atom stereocenters. The van der Waals surface area contributed by atoms with E-state index in [2.05, 4.69) is 34.7 Å². The minimum Gasteiger partial charge on any atom is -0.481 e. The third-order valence-corrected chi connectivity index (χ3v) is 13.1. The Kier molecular flexibility index (Phi) is 20.1. The summed E-state index contributed by atoms with van der Waals surface area (Å²) in [7, 11) is 1.97. The Morgan fingerprint density at radius 3 is 2.33 bits per heavy atom. The third-order valence-electron chi connectivity index (χ3n) is 12.1. The highest BCUT2D eigenvalue weighted by molar-refractivity contribution is 7.09. The van der Waals surface area contributed by atoms with E-state index >= 15 is 0 Å². The SMILES string of the molecule is CCCO[C@H](C[C@H](C(C)C)N(CCC)C(=O)[C@@H](NC(=O)[C@H]1CCCCN1C)[C@@H](C)CC)c1nc(C(=O)N[C@@H](Cc2ccc(OC(=O)[C@H]3CCCN3)cc2)C[C@H](C)C(=O)O)cs1. The number of carbonyl (C=O) groups excluding carboxylic acids is 4. The van der Waals surface area contributed by atoms with E-state index in [9.17, 15) is 29.1 Å². The number of likely N-dealkylation sites (tertiary alicyclic amines) is 1. The van der Waals surface area contributed by atoms with E-state index < -0.39 is 36.0 Å². The van der Waals surface area contributed by atoms with Crippen LogP contribution in [0.2, 0.25) is 0 Å². The van der Waals surface area contributed by atoms with Crippen molar-refractivity contribution in [3.63, 3.8) is 0 Å². The van der Waals surface area contributed by atoms with Crippen molar-refractivity contribution in [1.82, 2.24) is 30.7 Å². The monoisotopic (exact) mass is 869 g/mol. The molecule has 14 nitrogen and oxygen atoms in total. The number of carboxylic acids is 1. The van der Waals surface area contributed by atoms with Gasteiger partial charge in [-0.3, -0.25) is 24.1 Å². The molecule has 4 N–H and O–H groups in total. The summed E-state index contributed by atoms with van der Waals surface area (Å²) in [5.74, 6) is -2.21. The van der Waals surface area contributed by atoms with Gasteiger partial charge in [-0.2, -0.15) is 0 Å². The van der Waals surface area contributed by atoms with Crippen molar-refractivity contribution in [2.45, 2.75) is 155 Å². The third kappa shape index (κ3) is 14.6. The van der Waals surface area contributed by atoms with Gasteiger partial charge in [-0.25, -0.2) is 9.78 Å². The van der Waals surface area contributed by atoms with E-state index in [1.54, 1.807) is 24.4 Å². The van der Waals surface area contributed by atoms with Gasteiger partial charge < -0.3 is 35.4 Å². The van der Waals surface area contributed by atoms with Crippen molar-refractivity contribution in [3.05, 3.63) is 45.9 Å². The number of amides is 3. The van der Waals surface area contributed by atoms with Crippen LogP contribution in [0.3, 0.4) is 0 Å². The Bertz CT molecular complexity index is 1720. The lowest BCUT2D eigenvalue weighted by atomic mass is 9.92. The van der Waals surface area contributed by atoms with Crippen molar-refractivity contribution in [1.29, 1.82) is 0 Å². The average Bonchev–Trinajstić information content (AvgIpc) is 3.97. The summed E-state index contributed by atoms with van der Waals surface area (Å²) in [5, 5.41) is 21.4. The molecule has 2 aliphatic heterocycles. The minimum atomic E-state index is -0.959. The van der Waals surface area contributed by atoms with Crippen LogP contribution in [0, 0.1) is 17.8 Å². The number of carbonyl (C=O) groups is 5. The van der Waals surface area contributed by atoms with E-state index in [1.165, 1.54) is 11.3 Å². The van der Waals surface area contributed by atoms with Gasteiger partial charge in [0.05, 0.1) is 12.0 Å². The Hall–Kier alpha value is -3.92. The second-order valence-electron chi connectivity index (χ2n) is 17.4. The van der Waals surface area contributed by atoms with E-state index in [4.69, 9.17) is 14.5 Å². The summed E-state index contributed by atoms with van der Waals surface area (Å²) in [5.41, 5.74) is 1.05. The predicted octanol–water partition coefficient (Wildman–Crippen LogP) is 6.39. The van der Waals surface area contributed by atoms with Crippen LogP contribution in [0.1, 0.15) is 140 Å². The number of aromatic nitrogens is 1. The number of piperidine rings is 1. The van der Waals surface area contributed by atoms with Crippen LogP contribution in [0.15, 0.2) is 29.6 Å². The van der Waals surface area contributed by atoms with Crippen molar-refractivity contribution in [3.8, 4) is 5.75 Å². The molecule has 0 spiro atoms. The van der Waals surface area contributed by atoms with Crippen LogP contribution >= 0.6 is 11.3 Å². The molecule has 1 aromatic heterocycles. The number of thiazole rings is 1. The average molecular weight is 869 g/mol. The normalized spacial score (nSPS) is 20.0. The zero-order valence-electron chi connectivity index (χ0n) is 37.7. The Morgan fingerprint density at radius 1 is 0.984 bits per heavy atom. The van der Waals surface area contributed by atoms with Gasteiger partial charge in [0, 0.05) is 37.0 Å². The van der Waals surface area contributed by atoms with Crippen LogP contribution in [-0.2, 0) is 30.3 Å². The maximum atomic E-state index is 14.7. The topological polar surface area (TPSA) is 180 Å². The molecule has 0 aliphatic carbocycles. The first-order chi connectivity index (χ1) is 29.2. The van der Waals surface area contributed by atoms with E-state index in [-0.39, 0.29) is 59.9 Å². The van der Waals surface area contributed by atoms with Crippen molar-refractivity contribution < 1.29 is 38.6 Å². The molecule has 15 heteroatoms. The lowest BCUT2D eigenvalue weighted by Crippen LogP contribution is -2.58. The van der Waals surface area contributed by atoms with Gasteiger partial charge in [0.15, 0.2) is 0 Å². The quantitative estimate of drug-likeness (QED) is 0.0679. The molecule has 340 valence electrons. The molecule has 0 saturated carbocycles. The van der Waals surface area contributed by atoms with Gasteiger partial charge in [0.2, 0.25) is 11.8 Å². The van der Waals surface area contributed by atoms with Crippen LogP contribution in [0.4, 0.5) is 0 Å². The van der Waals surface area contributed by atoms with Gasteiger partial charge in [0.25, 0.3) is 5.91 Å². The van der Waals surface area contributed by atoms with Crippen LogP contribution < -0.4 is 20.7 Å². The van der Waals surface area contributed by atoms with Crippen LogP contribution in [0.25, 0.3) is 0 Å². The molecule has 2 fully saturated rings. The van der Waals surface area contributed by atoms with Crippen LogP contribution in [0.5, 0.6) is 5.75 Å². The summed E-state index contributed by atoms with van der Waals surface area (Å²) in [6.07, 6.45) is 7.21. The molecule has 1 aromatic carbocycles. The fourth-order valence-electron chi connectivity index (χ4n) is 8.25. The van der Waals surface area contributed by atoms with E-state index in [0.717, 1.165) is 70.0 Å². The van der Waals surface area contributed by atoms with Gasteiger partial charge >= 0.3 is 11.9 Å². The van der Waals surface area contributed by atoms with E-state index in [1.807, 2.05) is 51.8 Å². The molecular formula is C46H72N6O8S. The molecule has 4 rings (SSSR count).